The summed E-state index contributed by atoms with van der Waals surface area (Å²) in [5, 5.41) is 5.08. The lowest BCUT2D eigenvalue weighted by Crippen LogP contribution is -2.27. The molecule has 0 unspecified atom stereocenters. The van der Waals surface area contributed by atoms with E-state index in [1.165, 1.54) is 5.56 Å². The molecule has 0 fully saturated rings. The molecule has 4 aromatic rings. The molecule has 0 radical (unpaired) electrons. The highest BCUT2D eigenvalue weighted by molar-refractivity contribution is 5.80. The Morgan fingerprint density at radius 2 is 1.78 bits per heavy atom. The second kappa shape index (κ2) is 9.26. The molecule has 0 saturated heterocycles. The minimum absolute atomic E-state index is 0.0274. The normalized spacial score (nSPS) is 11.3. The zero-order valence-corrected chi connectivity index (χ0v) is 18.9. The van der Waals surface area contributed by atoms with E-state index in [1.54, 1.807) is 11.9 Å². The molecule has 164 valence electrons. The SMILES string of the molecule is Cc1nc(CN(C)C(=O)CCc2nc(-c3ccc(C(C)C)cc3)no2)nc2ccccc12. The zero-order valence-electron chi connectivity index (χ0n) is 18.9. The predicted octanol–water partition coefficient (Wildman–Crippen LogP) is 4.70. The molecule has 0 spiro atoms. The highest BCUT2D eigenvalue weighted by Gasteiger charge is 2.15. The van der Waals surface area contributed by atoms with Gasteiger partial charge in [0.25, 0.3) is 0 Å². The number of carbonyl (C=O) groups excluding carboxylic acids is 1. The Morgan fingerprint density at radius 3 is 2.53 bits per heavy atom. The quantitative estimate of drug-likeness (QED) is 0.423. The largest absolute Gasteiger partial charge is 0.339 e. The van der Waals surface area contributed by atoms with Gasteiger partial charge >= 0.3 is 0 Å². The van der Waals surface area contributed by atoms with Crippen molar-refractivity contribution in [2.24, 2.45) is 0 Å². The van der Waals surface area contributed by atoms with Crippen molar-refractivity contribution < 1.29 is 9.32 Å². The summed E-state index contributed by atoms with van der Waals surface area (Å²) in [7, 11) is 1.76. The Balaban J connectivity index is 1.35. The molecule has 0 N–H and O–H groups in total. The van der Waals surface area contributed by atoms with Gasteiger partial charge in [-0.25, -0.2) is 9.97 Å². The lowest BCUT2D eigenvalue weighted by molar-refractivity contribution is -0.130. The summed E-state index contributed by atoms with van der Waals surface area (Å²) in [6.45, 7) is 6.62. The first-order chi connectivity index (χ1) is 15.4. The van der Waals surface area contributed by atoms with E-state index >= 15 is 0 Å². The molecule has 7 heteroatoms. The predicted molar refractivity (Wildman–Crippen MR) is 123 cm³/mol. The van der Waals surface area contributed by atoms with Gasteiger partial charge in [0.2, 0.25) is 17.6 Å². The summed E-state index contributed by atoms with van der Waals surface area (Å²) in [5.74, 6) is 2.06. The molecule has 1 amide bonds. The first-order valence-corrected chi connectivity index (χ1v) is 10.8. The number of benzene rings is 2. The summed E-state index contributed by atoms with van der Waals surface area (Å²) in [6.07, 6.45) is 0.662. The molecule has 2 aromatic heterocycles. The van der Waals surface area contributed by atoms with Crippen LogP contribution < -0.4 is 0 Å². The lowest BCUT2D eigenvalue weighted by Gasteiger charge is -2.16. The monoisotopic (exact) mass is 429 g/mol. The van der Waals surface area contributed by atoms with E-state index in [9.17, 15) is 4.79 Å². The van der Waals surface area contributed by atoms with Crippen molar-refractivity contribution in [2.75, 3.05) is 7.05 Å². The number of rotatable bonds is 7. The third-order valence-corrected chi connectivity index (χ3v) is 5.50. The first kappa shape index (κ1) is 21.6. The third-order valence-electron chi connectivity index (χ3n) is 5.50. The summed E-state index contributed by atoms with van der Waals surface area (Å²) >= 11 is 0. The highest BCUT2D eigenvalue weighted by Crippen LogP contribution is 2.21. The van der Waals surface area contributed by atoms with Gasteiger partial charge in [0.1, 0.15) is 5.82 Å². The van der Waals surface area contributed by atoms with Crippen molar-refractivity contribution in [3.05, 3.63) is 71.5 Å². The zero-order chi connectivity index (χ0) is 22.7. The van der Waals surface area contributed by atoms with E-state index < -0.39 is 0 Å². The fraction of sp³-hybridized carbons (Fsp3) is 0.320. The Morgan fingerprint density at radius 1 is 1.03 bits per heavy atom. The summed E-state index contributed by atoms with van der Waals surface area (Å²) in [5.41, 5.74) is 3.95. The molecule has 32 heavy (non-hydrogen) atoms. The van der Waals surface area contributed by atoms with Crippen molar-refractivity contribution >= 4 is 16.8 Å². The molecule has 0 aliphatic carbocycles. The summed E-state index contributed by atoms with van der Waals surface area (Å²) in [6, 6.07) is 16.0. The van der Waals surface area contributed by atoms with Gasteiger partial charge < -0.3 is 9.42 Å². The van der Waals surface area contributed by atoms with E-state index in [2.05, 4.69) is 46.1 Å². The molecule has 7 nitrogen and oxygen atoms in total. The summed E-state index contributed by atoms with van der Waals surface area (Å²) in [4.78, 5) is 27.8. The molecule has 0 bridgehead atoms. The number of hydrogen-bond acceptors (Lipinski definition) is 6. The fourth-order valence-electron chi connectivity index (χ4n) is 3.56. The maximum Gasteiger partial charge on any atom is 0.227 e. The van der Waals surface area contributed by atoms with Crippen LogP contribution in [0.5, 0.6) is 0 Å². The van der Waals surface area contributed by atoms with Gasteiger partial charge in [0.05, 0.1) is 12.1 Å². The van der Waals surface area contributed by atoms with Gasteiger partial charge in [0.15, 0.2) is 0 Å². The average Bonchev–Trinajstić information content (AvgIpc) is 3.26. The molecule has 0 saturated carbocycles. The van der Waals surface area contributed by atoms with E-state index in [-0.39, 0.29) is 12.3 Å². The number of aryl methyl sites for hydroxylation is 2. The Hall–Kier alpha value is -3.61. The molecule has 0 aliphatic rings. The highest BCUT2D eigenvalue weighted by atomic mass is 16.5. The van der Waals surface area contributed by atoms with Gasteiger partial charge in [-0.2, -0.15) is 4.98 Å². The van der Waals surface area contributed by atoms with Crippen molar-refractivity contribution in [3.8, 4) is 11.4 Å². The molecule has 2 aromatic carbocycles. The Labute approximate surface area is 187 Å². The van der Waals surface area contributed by atoms with Crippen LogP contribution in [0.1, 0.15) is 49.2 Å². The van der Waals surface area contributed by atoms with Gasteiger partial charge in [0, 0.05) is 36.5 Å². The number of para-hydroxylation sites is 1. The van der Waals surface area contributed by atoms with Crippen LogP contribution in [-0.2, 0) is 17.8 Å². The summed E-state index contributed by atoms with van der Waals surface area (Å²) < 4.78 is 5.35. The van der Waals surface area contributed by atoms with Crippen molar-refractivity contribution in [1.82, 2.24) is 25.0 Å². The minimum Gasteiger partial charge on any atom is -0.339 e. The maximum absolute atomic E-state index is 12.6. The minimum atomic E-state index is -0.0274. The molecular weight excluding hydrogens is 402 g/mol. The van der Waals surface area contributed by atoms with Crippen molar-refractivity contribution in [3.63, 3.8) is 0 Å². The van der Waals surface area contributed by atoms with Gasteiger partial charge in [-0.1, -0.05) is 61.5 Å². The van der Waals surface area contributed by atoms with Gasteiger partial charge in [-0.15, -0.1) is 0 Å². The number of hydrogen-bond donors (Lipinski definition) is 0. The van der Waals surface area contributed by atoms with Crippen LogP contribution in [0.25, 0.3) is 22.3 Å². The first-order valence-electron chi connectivity index (χ1n) is 10.8. The molecular formula is C25H27N5O2. The molecule has 4 rings (SSSR count). The van der Waals surface area contributed by atoms with Crippen LogP contribution in [0.2, 0.25) is 0 Å². The van der Waals surface area contributed by atoms with Crippen molar-refractivity contribution in [2.45, 2.75) is 46.1 Å². The van der Waals surface area contributed by atoms with E-state index in [1.807, 2.05) is 43.3 Å². The smallest absolute Gasteiger partial charge is 0.227 e. The molecule has 0 atom stereocenters. The number of nitrogens with zero attached hydrogens (tertiary/aromatic N) is 5. The van der Waals surface area contributed by atoms with Crippen LogP contribution in [0.4, 0.5) is 0 Å². The number of fused-ring (bicyclic) bond motifs is 1. The Bertz CT molecular complexity index is 1230. The Kier molecular flexibility index (Phi) is 6.25. The van der Waals surface area contributed by atoms with Crippen LogP contribution in [-0.4, -0.2) is 38.0 Å². The van der Waals surface area contributed by atoms with E-state index in [0.717, 1.165) is 22.2 Å². The topological polar surface area (TPSA) is 85.0 Å². The number of amides is 1. The second-order valence-corrected chi connectivity index (χ2v) is 8.28. The van der Waals surface area contributed by atoms with E-state index in [0.29, 0.717) is 36.4 Å². The van der Waals surface area contributed by atoms with Crippen LogP contribution in [0, 0.1) is 6.92 Å². The number of aromatic nitrogens is 4. The van der Waals surface area contributed by atoms with Crippen LogP contribution in [0.15, 0.2) is 53.1 Å². The van der Waals surface area contributed by atoms with Crippen molar-refractivity contribution in [1.29, 1.82) is 0 Å². The third kappa shape index (κ3) is 4.82. The molecule has 0 aliphatic heterocycles. The number of carbonyl (C=O) groups is 1. The molecule has 2 heterocycles. The van der Waals surface area contributed by atoms with Crippen LogP contribution in [0.3, 0.4) is 0 Å². The van der Waals surface area contributed by atoms with E-state index in [4.69, 9.17) is 4.52 Å². The average molecular weight is 430 g/mol. The van der Waals surface area contributed by atoms with Gasteiger partial charge in [-0.3, -0.25) is 4.79 Å². The van der Waals surface area contributed by atoms with Crippen LogP contribution >= 0.6 is 0 Å². The lowest BCUT2D eigenvalue weighted by atomic mass is 10.0. The standard InChI is InChI=1S/C25H27N5O2/c1-16(2)18-9-11-19(12-10-18)25-28-23(32-29-25)13-14-24(31)30(4)15-22-26-17(3)20-7-5-6-8-21(20)27-22/h5-12,16H,13-15H2,1-4H3. The maximum atomic E-state index is 12.6. The fourth-order valence-corrected chi connectivity index (χ4v) is 3.56. The van der Waals surface area contributed by atoms with Gasteiger partial charge in [-0.05, 0) is 24.5 Å². The second-order valence-electron chi connectivity index (χ2n) is 8.28.